The lowest BCUT2D eigenvalue weighted by Crippen LogP contribution is -2.33. The number of hydrogen-bond acceptors (Lipinski definition) is 4. The van der Waals surface area contributed by atoms with Gasteiger partial charge in [-0.1, -0.05) is 18.2 Å². The predicted molar refractivity (Wildman–Crippen MR) is 104 cm³/mol. The van der Waals surface area contributed by atoms with Gasteiger partial charge in [-0.3, -0.25) is 0 Å². The maximum atomic E-state index is 5.95. The minimum absolute atomic E-state index is 0.416. The van der Waals surface area contributed by atoms with Gasteiger partial charge >= 0.3 is 0 Å². The number of nitrogens with one attached hydrogen (secondary N) is 1. The minimum atomic E-state index is 0.416. The Kier molecular flexibility index (Phi) is 7.14. The smallest absolute Gasteiger partial charge is 0.188 e. The molecule has 0 unspecified atom stereocenters. The summed E-state index contributed by atoms with van der Waals surface area (Å²) in [4.78, 5) is 4.37. The molecule has 6 heteroatoms. The van der Waals surface area contributed by atoms with E-state index in [1.807, 2.05) is 31.2 Å². The lowest BCUT2D eigenvalue weighted by Gasteiger charge is -2.10. The van der Waals surface area contributed by atoms with Crippen LogP contribution in [0.25, 0.3) is 0 Å². The second-order valence-electron chi connectivity index (χ2n) is 5.87. The van der Waals surface area contributed by atoms with Gasteiger partial charge in [-0.15, -0.1) is 0 Å². The Morgan fingerprint density at radius 3 is 2.27 bits per heavy atom. The molecule has 0 bridgehead atoms. The van der Waals surface area contributed by atoms with Crippen LogP contribution in [0.2, 0.25) is 0 Å². The molecule has 0 heterocycles. The molecule has 26 heavy (non-hydrogen) atoms. The molecule has 140 valence electrons. The molecule has 0 radical (unpaired) electrons. The summed E-state index contributed by atoms with van der Waals surface area (Å²) >= 11 is 0. The van der Waals surface area contributed by atoms with Gasteiger partial charge in [-0.25, -0.2) is 4.99 Å². The van der Waals surface area contributed by atoms with Gasteiger partial charge in [0.1, 0.15) is 5.75 Å². The summed E-state index contributed by atoms with van der Waals surface area (Å²) in [5.41, 5.74) is 9.26. The first-order valence-electron chi connectivity index (χ1n) is 8.45. The molecule has 0 aliphatic heterocycles. The fraction of sp³-hybridized carbons (Fsp3) is 0.350. The Labute approximate surface area is 155 Å². The van der Waals surface area contributed by atoms with Crippen LogP contribution in [0.4, 0.5) is 0 Å². The van der Waals surface area contributed by atoms with E-state index in [1.165, 1.54) is 5.56 Å². The molecule has 2 rings (SSSR count). The summed E-state index contributed by atoms with van der Waals surface area (Å²) in [5.74, 6) is 2.69. The number of ether oxygens (including phenoxy) is 3. The number of aliphatic imine (C=N–C) groups is 1. The van der Waals surface area contributed by atoms with Crippen LogP contribution in [0.3, 0.4) is 0 Å². The van der Waals surface area contributed by atoms with Crippen LogP contribution in [0.1, 0.15) is 16.7 Å². The van der Waals surface area contributed by atoms with Gasteiger partial charge in [0.2, 0.25) is 0 Å². The summed E-state index contributed by atoms with van der Waals surface area (Å²) < 4.78 is 15.9. The zero-order valence-corrected chi connectivity index (χ0v) is 15.8. The topological polar surface area (TPSA) is 78.1 Å². The van der Waals surface area contributed by atoms with Crippen LogP contribution < -0.4 is 25.3 Å². The van der Waals surface area contributed by atoms with Crippen molar-refractivity contribution in [2.24, 2.45) is 10.7 Å². The fourth-order valence-corrected chi connectivity index (χ4v) is 2.57. The van der Waals surface area contributed by atoms with Crippen molar-refractivity contribution in [1.29, 1.82) is 0 Å². The Hall–Kier alpha value is -2.89. The highest BCUT2D eigenvalue weighted by Gasteiger charge is 2.04. The molecule has 0 spiro atoms. The van der Waals surface area contributed by atoms with Gasteiger partial charge in [-0.2, -0.15) is 0 Å². The van der Waals surface area contributed by atoms with E-state index in [-0.39, 0.29) is 0 Å². The maximum absolute atomic E-state index is 5.95. The molecule has 0 aliphatic carbocycles. The largest absolute Gasteiger partial charge is 0.496 e. The lowest BCUT2D eigenvalue weighted by atomic mass is 10.1. The SMILES string of the molecule is COc1cc(CCNC(N)=NCc2ccc(OC)c(OC)c2)ccc1C. The average molecular weight is 357 g/mol. The number of guanidine groups is 1. The number of rotatable bonds is 8. The van der Waals surface area contributed by atoms with E-state index in [4.69, 9.17) is 19.9 Å². The zero-order valence-electron chi connectivity index (χ0n) is 15.8. The summed E-state index contributed by atoms with van der Waals surface area (Å²) in [7, 11) is 4.91. The molecule has 2 aromatic carbocycles. The number of benzene rings is 2. The number of methoxy groups -OCH3 is 3. The first kappa shape index (κ1) is 19.4. The van der Waals surface area contributed by atoms with E-state index in [0.717, 1.165) is 23.3 Å². The first-order valence-corrected chi connectivity index (χ1v) is 8.45. The summed E-state index contributed by atoms with van der Waals surface area (Å²) in [6, 6.07) is 11.9. The second-order valence-corrected chi connectivity index (χ2v) is 5.87. The van der Waals surface area contributed by atoms with Gasteiger partial charge < -0.3 is 25.3 Å². The third-order valence-electron chi connectivity index (χ3n) is 4.07. The van der Waals surface area contributed by atoms with E-state index in [1.54, 1.807) is 21.3 Å². The van der Waals surface area contributed by atoms with E-state index in [2.05, 4.69) is 22.4 Å². The zero-order chi connectivity index (χ0) is 18.9. The minimum Gasteiger partial charge on any atom is -0.496 e. The Bertz CT molecular complexity index is 760. The van der Waals surface area contributed by atoms with Gasteiger partial charge in [0.15, 0.2) is 17.5 Å². The van der Waals surface area contributed by atoms with Crippen molar-refractivity contribution in [3.05, 3.63) is 53.1 Å². The van der Waals surface area contributed by atoms with Crippen molar-refractivity contribution >= 4 is 5.96 Å². The van der Waals surface area contributed by atoms with E-state index in [9.17, 15) is 0 Å². The molecule has 0 amide bonds. The van der Waals surface area contributed by atoms with Crippen LogP contribution >= 0.6 is 0 Å². The molecule has 2 aromatic rings. The molecule has 0 aromatic heterocycles. The van der Waals surface area contributed by atoms with Crippen molar-refractivity contribution in [1.82, 2.24) is 5.32 Å². The summed E-state index contributed by atoms with van der Waals surface area (Å²) in [5, 5.41) is 3.14. The van der Waals surface area contributed by atoms with Crippen LogP contribution in [0.5, 0.6) is 17.2 Å². The van der Waals surface area contributed by atoms with Crippen LogP contribution in [-0.4, -0.2) is 33.8 Å². The second kappa shape index (κ2) is 9.56. The van der Waals surface area contributed by atoms with Crippen molar-refractivity contribution in [2.75, 3.05) is 27.9 Å². The first-order chi connectivity index (χ1) is 12.6. The third-order valence-corrected chi connectivity index (χ3v) is 4.07. The maximum Gasteiger partial charge on any atom is 0.188 e. The molecule has 0 saturated heterocycles. The fourth-order valence-electron chi connectivity index (χ4n) is 2.57. The molecule has 3 N–H and O–H groups in total. The van der Waals surface area contributed by atoms with Crippen LogP contribution in [-0.2, 0) is 13.0 Å². The Morgan fingerprint density at radius 1 is 0.923 bits per heavy atom. The highest BCUT2D eigenvalue weighted by Crippen LogP contribution is 2.27. The standard InChI is InChI=1S/C20H27N3O3/c1-14-5-6-15(11-18(14)25-3)9-10-22-20(21)23-13-16-7-8-17(24-2)19(12-16)26-4/h5-8,11-12H,9-10,13H2,1-4H3,(H3,21,22,23). The summed E-state index contributed by atoms with van der Waals surface area (Å²) in [6.07, 6.45) is 0.837. The van der Waals surface area contributed by atoms with Crippen LogP contribution in [0.15, 0.2) is 41.4 Å². The summed E-state index contributed by atoms with van der Waals surface area (Å²) in [6.45, 7) is 3.20. The molecular weight excluding hydrogens is 330 g/mol. The highest BCUT2D eigenvalue weighted by atomic mass is 16.5. The third kappa shape index (κ3) is 5.31. The van der Waals surface area contributed by atoms with Crippen molar-refractivity contribution in [3.63, 3.8) is 0 Å². The average Bonchev–Trinajstić information content (AvgIpc) is 2.67. The quantitative estimate of drug-likeness (QED) is 0.561. The van der Waals surface area contributed by atoms with Crippen molar-refractivity contribution in [3.8, 4) is 17.2 Å². The van der Waals surface area contributed by atoms with Gasteiger partial charge in [0, 0.05) is 6.54 Å². The molecule has 0 atom stereocenters. The van der Waals surface area contributed by atoms with Crippen molar-refractivity contribution in [2.45, 2.75) is 19.9 Å². The molecule has 6 nitrogen and oxygen atoms in total. The number of aryl methyl sites for hydroxylation is 1. The van der Waals surface area contributed by atoms with Gasteiger partial charge in [-0.05, 0) is 48.2 Å². The highest BCUT2D eigenvalue weighted by molar-refractivity contribution is 5.77. The van der Waals surface area contributed by atoms with Gasteiger partial charge in [0.25, 0.3) is 0 Å². The van der Waals surface area contributed by atoms with E-state index in [0.29, 0.717) is 30.5 Å². The Morgan fingerprint density at radius 2 is 1.58 bits per heavy atom. The predicted octanol–water partition coefficient (Wildman–Crippen LogP) is 2.67. The number of nitrogens with two attached hydrogens (primary N) is 1. The molecule has 0 saturated carbocycles. The van der Waals surface area contributed by atoms with E-state index < -0.39 is 0 Å². The molecule has 0 aliphatic rings. The van der Waals surface area contributed by atoms with Crippen molar-refractivity contribution < 1.29 is 14.2 Å². The van der Waals surface area contributed by atoms with Crippen LogP contribution in [0, 0.1) is 6.92 Å². The lowest BCUT2D eigenvalue weighted by molar-refractivity contribution is 0.354. The molecule has 0 fully saturated rings. The molecular formula is C20H27N3O3. The number of nitrogens with zero attached hydrogens (tertiary/aromatic N) is 1. The monoisotopic (exact) mass is 357 g/mol. The van der Waals surface area contributed by atoms with E-state index >= 15 is 0 Å². The van der Waals surface area contributed by atoms with Gasteiger partial charge in [0.05, 0.1) is 27.9 Å². The number of hydrogen-bond donors (Lipinski definition) is 2. The Balaban J connectivity index is 1.87. The normalized spacial score (nSPS) is 11.2.